The summed E-state index contributed by atoms with van der Waals surface area (Å²) in [4.78, 5) is 50.4. The standard InChI is InChI=1S/C34H69N7O4/c1-7-8-9-16-28(37-5)24-32(43)39-22-15-12-18-30(23-27(2)42)40-34(45)26-31(19-11-14-21-36-4)41-33(44)25-29(38-6)17-10-13-20-35-3/h28-31,35-38H,7-26H2,1-6H3,(H,39,43)(H,40,45)(H,41,44). The van der Waals surface area contributed by atoms with E-state index in [9.17, 15) is 19.2 Å². The Hall–Kier alpha value is -2.08. The fourth-order valence-corrected chi connectivity index (χ4v) is 5.58. The number of hydrogen-bond donors (Lipinski definition) is 7. The number of Topliss-reactive ketones (excluding diaryl/α,β-unsaturated/α-hetero) is 1. The maximum atomic E-state index is 13.1. The van der Waals surface area contributed by atoms with Gasteiger partial charge < -0.3 is 37.2 Å². The van der Waals surface area contributed by atoms with Crippen LogP contribution in [0.25, 0.3) is 0 Å². The van der Waals surface area contributed by atoms with E-state index in [1.54, 1.807) is 6.92 Å². The first kappa shape index (κ1) is 42.9. The average molecular weight is 640 g/mol. The summed E-state index contributed by atoms with van der Waals surface area (Å²) in [5.74, 6) is -0.109. The van der Waals surface area contributed by atoms with Gasteiger partial charge in [0.05, 0.1) is 0 Å². The highest BCUT2D eigenvalue weighted by molar-refractivity contribution is 5.81. The van der Waals surface area contributed by atoms with Crippen molar-refractivity contribution in [1.29, 1.82) is 0 Å². The second-order valence-electron chi connectivity index (χ2n) is 12.6. The molecule has 0 saturated carbocycles. The molecule has 0 aliphatic carbocycles. The normalized spacial score (nSPS) is 13.9. The van der Waals surface area contributed by atoms with Gasteiger partial charge in [-0.2, -0.15) is 0 Å². The molecule has 4 atom stereocenters. The van der Waals surface area contributed by atoms with E-state index in [1.807, 2.05) is 28.2 Å². The summed E-state index contributed by atoms with van der Waals surface area (Å²) in [6.45, 7) is 6.14. The van der Waals surface area contributed by atoms with Crippen LogP contribution in [0.15, 0.2) is 0 Å². The molecule has 0 radical (unpaired) electrons. The van der Waals surface area contributed by atoms with Crippen molar-refractivity contribution in [2.75, 3.05) is 47.8 Å². The van der Waals surface area contributed by atoms with Gasteiger partial charge in [0.15, 0.2) is 0 Å². The predicted molar refractivity (Wildman–Crippen MR) is 185 cm³/mol. The molecule has 45 heavy (non-hydrogen) atoms. The summed E-state index contributed by atoms with van der Waals surface area (Å²) < 4.78 is 0. The fraction of sp³-hybridized carbons (Fsp3) is 0.882. The van der Waals surface area contributed by atoms with Gasteiger partial charge in [-0.1, -0.05) is 39.0 Å². The molecule has 3 amide bonds. The van der Waals surface area contributed by atoms with E-state index in [0.29, 0.717) is 25.8 Å². The van der Waals surface area contributed by atoms with Gasteiger partial charge in [-0.25, -0.2) is 0 Å². The Morgan fingerprint density at radius 2 is 0.889 bits per heavy atom. The second kappa shape index (κ2) is 29.3. The lowest BCUT2D eigenvalue weighted by molar-refractivity contribution is -0.124. The van der Waals surface area contributed by atoms with E-state index in [4.69, 9.17) is 0 Å². The molecule has 11 nitrogen and oxygen atoms in total. The molecular formula is C34H69N7O4. The molecule has 0 aromatic rings. The SMILES string of the molecule is CCCCCC(CC(=O)NCCCCC(CC(C)=O)NC(=O)CC(CCCCNC)NC(=O)CC(CCCCNC)NC)NC. The molecule has 264 valence electrons. The van der Waals surface area contributed by atoms with E-state index in [-0.39, 0.29) is 60.5 Å². The van der Waals surface area contributed by atoms with Crippen molar-refractivity contribution in [1.82, 2.24) is 37.2 Å². The molecule has 0 spiro atoms. The summed E-state index contributed by atoms with van der Waals surface area (Å²) in [6, 6.07) is -0.222. The Labute approximate surface area is 274 Å². The topological polar surface area (TPSA) is 152 Å². The number of hydrogen-bond acceptors (Lipinski definition) is 8. The Morgan fingerprint density at radius 1 is 0.489 bits per heavy atom. The number of carbonyl (C=O) groups is 4. The minimum atomic E-state index is -0.259. The van der Waals surface area contributed by atoms with E-state index in [2.05, 4.69) is 44.1 Å². The van der Waals surface area contributed by atoms with Crippen LogP contribution in [0, 0.1) is 0 Å². The molecular weight excluding hydrogens is 570 g/mol. The van der Waals surface area contributed by atoms with Crippen molar-refractivity contribution in [3.8, 4) is 0 Å². The smallest absolute Gasteiger partial charge is 0.222 e. The van der Waals surface area contributed by atoms with Crippen molar-refractivity contribution in [3.63, 3.8) is 0 Å². The summed E-state index contributed by atoms with van der Waals surface area (Å²) in [5.41, 5.74) is 0. The summed E-state index contributed by atoms with van der Waals surface area (Å²) >= 11 is 0. The zero-order valence-electron chi connectivity index (χ0n) is 29.6. The molecule has 0 rings (SSSR count). The number of amides is 3. The molecule has 7 N–H and O–H groups in total. The van der Waals surface area contributed by atoms with Crippen LogP contribution in [0.5, 0.6) is 0 Å². The van der Waals surface area contributed by atoms with Crippen molar-refractivity contribution < 1.29 is 19.2 Å². The first-order chi connectivity index (χ1) is 21.7. The van der Waals surface area contributed by atoms with Gasteiger partial charge >= 0.3 is 0 Å². The van der Waals surface area contributed by atoms with Gasteiger partial charge in [0.25, 0.3) is 0 Å². The quantitative estimate of drug-likeness (QED) is 0.0572. The van der Waals surface area contributed by atoms with Gasteiger partial charge in [0, 0.05) is 56.4 Å². The van der Waals surface area contributed by atoms with Gasteiger partial charge in [-0.15, -0.1) is 0 Å². The van der Waals surface area contributed by atoms with Crippen LogP contribution in [0.1, 0.15) is 123 Å². The third-order valence-electron chi connectivity index (χ3n) is 8.29. The summed E-state index contributed by atoms with van der Waals surface area (Å²) in [6.07, 6.45) is 13.6. The number of carbonyl (C=O) groups excluding carboxylic acids is 4. The van der Waals surface area contributed by atoms with Gasteiger partial charge in [-0.05, 0) is 99.6 Å². The Kier molecular flexibility index (Phi) is 28.0. The molecule has 0 aromatic heterocycles. The molecule has 0 aliphatic rings. The van der Waals surface area contributed by atoms with E-state index < -0.39 is 0 Å². The van der Waals surface area contributed by atoms with Crippen LogP contribution in [0.4, 0.5) is 0 Å². The van der Waals surface area contributed by atoms with Crippen molar-refractivity contribution in [3.05, 3.63) is 0 Å². The predicted octanol–water partition coefficient (Wildman–Crippen LogP) is 2.93. The Bertz CT molecular complexity index is 784. The van der Waals surface area contributed by atoms with Crippen LogP contribution in [-0.2, 0) is 19.2 Å². The average Bonchev–Trinajstić information content (AvgIpc) is 2.99. The Morgan fingerprint density at radius 3 is 1.33 bits per heavy atom. The van der Waals surface area contributed by atoms with E-state index in [1.165, 1.54) is 6.42 Å². The second-order valence-corrected chi connectivity index (χ2v) is 12.6. The highest BCUT2D eigenvalue weighted by Gasteiger charge is 2.21. The largest absolute Gasteiger partial charge is 0.356 e. The van der Waals surface area contributed by atoms with Crippen LogP contribution in [-0.4, -0.2) is 95.5 Å². The maximum Gasteiger partial charge on any atom is 0.222 e. The Balaban J connectivity index is 4.85. The molecule has 0 aromatic carbocycles. The highest BCUT2D eigenvalue weighted by atomic mass is 16.2. The van der Waals surface area contributed by atoms with E-state index in [0.717, 1.165) is 83.7 Å². The van der Waals surface area contributed by atoms with Gasteiger partial charge in [0.2, 0.25) is 17.7 Å². The van der Waals surface area contributed by atoms with Crippen LogP contribution in [0.3, 0.4) is 0 Å². The van der Waals surface area contributed by atoms with Crippen molar-refractivity contribution in [2.45, 2.75) is 147 Å². The third kappa shape index (κ3) is 25.8. The lowest BCUT2D eigenvalue weighted by atomic mass is 10.0. The first-order valence-corrected chi connectivity index (χ1v) is 17.7. The summed E-state index contributed by atoms with van der Waals surface area (Å²) in [5, 5.41) is 22.0. The summed E-state index contributed by atoms with van der Waals surface area (Å²) in [7, 11) is 7.65. The van der Waals surface area contributed by atoms with E-state index >= 15 is 0 Å². The molecule has 0 fully saturated rings. The van der Waals surface area contributed by atoms with Crippen molar-refractivity contribution >= 4 is 23.5 Å². The van der Waals surface area contributed by atoms with Crippen molar-refractivity contribution in [2.24, 2.45) is 0 Å². The first-order valence-electron chi connectivity index (χ1n) is 17.7. The third-order valence-corrected chi connectivity index (χ3v) is 8.29. The highest BCUT2D eigenvalue weighted by Crippen LogP contribution is 2.11. The lowest BCUT2D eigenvalue weighted by Gasteiger charge is -2.23. The molecule has 0 bridgehead atoms. The van der Waals surface area contributed by atoms with Crippen LogP contribution in [0.2, 0.25) is 0 Å². The van der Waals surface area contributed by atoms with Gasteiger partial charge in [0.1, 0.15) is 5.78 Å². The molecule has 4 unspecified atom stereocenters. The molecule has 0 aliphatic heterocycles. The maximum absolute atomic E-state index is 13.1. The van der Waals surface area contributed by atoms with Crippen LogP contribution >= 0.6 is 0 Å². The number of rotatable bonds is 31. The number of unbranched alkanes of at least 4 members (excludes halogenated alkanes) is 5. The van der Waals surface area contributed by atoms with Gasteiger partial charge in [-0.3, -0.25) is 19.2 Å². The lowest BCUT2D eigenvalue weighted by Crippen LogP contribution is -2.44. The molecule has 0 saturated heterocycles. The monoisotopic (exact) mass is 640 g/mol. The minimum absolute atomic E-state index is 0.0273. The van der Waals surface area contributed by atoms with Crippen LogP contribution < -0.4 is 37.2 Å². The zero-order valence-corrected chi connectivity index (χ0v) is 29.6. The zero-order chi connectivity index (χ0) is 33.7. The fourth-order valence-electron chi connectivity index (χ4n) is 5.58. The minimum Gasteiger partial charge on any atom is -0.356 e. The number of ketones is 1. The molecule has 0 heterocycles. The number of nitrogens with one attached hydrogen (secondary N) is 7. The molecule has 11 heteroatoms.